The molecule has 1 rings (SSSR count). The molecule has 0 radical (unpaired) electrons. The van der Waals surface area contributed by atoms with Crippen LogP contribution in [0.1, 0.15) is 52.9 Å². The molecular weight excluding hydrogens is 378 g/mol. The number of amides is 3. The molecule has 1 fully saturated rings. The number of hydrogen-bond donors (Lipinski definition) is 5. The molecule has 0 unspecified atom stereocenters. The molecule has 0 spiro atoms. The molecule has 1 aliphatic heterocycles. The lowest BCUT2D eigenvalue weighted by Crippen LogP contribution is -2.56. The molecule has 0 saturated carbocycles. The third-order valence-electron chi connectivity index (χ3n) is 5.15. The van der Waals surface area contributed by atoms with Gasteiger partial charge in [0.25, 0.3) is 0 Å². The summed E-state index contributed by atoms with van der Waals surface area (Å²) in [7, 11) is 0. The van der Waals surface area contributed by atoms with Crippen LogP contribution in [-0.2, 0) is 19.2 Å². The number of aliphatic carboxylic acids is 1. The quantitative estimate of drug-likeness (QED) is 0.275. The Morgan fingerprint density at radius 3 is 2.31 bits per heavy atom. The van der Waals surface area contributed by atoms with Crippen molar-refractivity contribution in [3.05, 3.63) is 0 Å². The maximum Gasteiger partial charge on any atom is 0.326 e. The van der Waals surface area contributed by atoms with E-state index in [9.17, 15) is 24.3 Å². The third-order valence-corrected chi connectivity index (χ3v) is 5.15. The number of hydrogen-bond acceptors (Lipinski definition) is 6. The first-order valence-corrected chi connectivity index (χ1v) is 10.2. The van der Waals surface area contributed by atoms with Crippen LogP contribution in [0.15, 0.2) is 0 Å². The third kappa shape index (κ3) is 7.28. The van der Waals surface area contributed by atoms with Gasteiger partial charge in [-0.15, -0.1) is 0 Å². The Labute approximate surface area is 171 Å². The minimum absolute atomic E-state index is 0.0913. The fourth-order valence-corrected chi connectivity index (χ4v) is 3.24. The van der Waals surface area contributed by atoms with Crippen LogP contribution >= 0.6 is 0 Å². The molecule has 166 valence electrons. The van der Waals surface area contributed by atoms with Crippen LogP contribution in [0.3, 0.4) is 0 Å². The molecule has 0 aromatic rings. The molecule has 7 N–H and O–H groups in total. The van der Waals surface area contributed by atoms with Crippen molar-refractivity contribution in [1.29, 1.82) is 0 Å². The number of unbranched alkanes of at least 4 members (excludes halogenated alkanes) is 1. The topological polar surface area (TPSA) is 168 Å². The maximum absolute atomic E-state index is 12.7. The van der Waals surface area contributed by atoms with Gasteiger partial charge >= 0.3 is 5.97 Å². The van der Waals surface area contributed by atoms with E-state index in [1.54, 1.807) is 0 Å². The highest BCUT2D eigenvalue weighted by atomic mass is 16.4. The van der Waals surface area contributed by atoms with Crippen LogP contribution in [0.25, 0.3) is 0 Å². The Kier molecular flexibility index (Phi) is 10.0. The van der Waals surface area contributed by atoms with Gasteiger partial charge in [0.15, 0.2) is 0 Å². The number of nitrogens with two attached hydrogens (primary N) is 2. The van der Waals surface area contributed by atoms with E-state index in [0.29, 0.717) is 45.2 Å². The van der Waals surface area contributed by atoms with Crippen molar-refractivity contribution in [2.75, 3.05) is 13.1 Å². The minimum atomic E-state index is -1.05. The van der Waals surface area contributed by atoms with Gasteiger partial charge in [0, 0.05) is 6.54 Å². The fourth-order valence-electron chi connectivity index (χ4n) is 3.24. The van der Waals surface area contributed by atoms with Gasteiger partial charge in [-0.1, -0.05) is 13.8 Å². The van der Waals surface area contributed by atoms with Crippen molar-refractivity contribution in [2.24, 2.45) is 17.4 Å². The Morgan fingerprint density at radius 1 is 1.10 bits per heavy atom. The van der Waals surface area contributed by atoms with Gasteiger partial charge in [-0.25, -0.2) is 4.79 Å². The molecule has 0 bridgehead atoms. The summed E-state index contributed by atoms with van der Waals surface area (Å²) in [4.78, 5) is 50.2. The van der Waals surface area contributed by atoms with Crippen molar-refractivity contribution >= 4 is 23.7 Å². The molecule has 4 atom stereocenters. The minimum Gasteiger partial charge on any atom is -0.480 e. The van der Waals surface area contributed by atoms with Crippen LogP contribution in [-0.4, -0.2) is 71.0 Å². The first kappa shape index (κ1) is 24.8. The summed E-state index contributed by atoms with van der Waals surface area (Å²) < 4.78 is 0. The van der Waals surface area contributed by atoms with E-state index in [2.05, 4.69) is 10.6 Å². The summed E-state index contributed by atoms with van der Waals surface area (Å²) in [5, 5.41) is 14.5. The number of carbonyl (C=O) groups excluding carboxylic acids is 3. The number of carboxylic acids is 1. The number of nitrogens with one attached hydrogen (secondary N) is 2. The molecule has 1 saturated heterocycles. The van der Waals surface area contributed by atoms with Gasteiger partial charge < -0.3 is 32.1 Å². The second-order valence-electron chi connectivity index (χ2n) is 7.87. The predicted octanol–water partition coefficient (Wildman–Crippen LogP) is -0.836. The Morgan fingerprint density at radius 2 is 1.76 bits per heavy atom. The smallest absolute Gasteiger partial charge is 0.326 e. The zero-order chi connectivity index (χ0) is 22.1. The summed E-state index contributed by atoms with van der Waals surface area (Å²) >= 11 is 0. The maximum atomic E-state index is 12.7. The summed E-state index contributed by atoms with van der Waals surface area (Å²) in [6, 6.07) is -3.37. The standard InChI is InChI=1S/C19H35N5O5/c1-11(2)15(21)17(26)23-13(7-4-5-9-20)16(25)22-12(3)18(27)24-10-6-8-14(24)19(28)29/h11-15H,4-10,20-21H2,1-3H3,(H,22,25)(H,23,26)(H,28,29)/t12-,13-,14-,15-/m0/s1. The molecule has 0 aliphatic carbocycles. The number of rotatable bonds is 11. The fraction of sp³-hybridized carbons (Fsp3) is 0.789. The zero-order valence-electron chi connectivity index (χ0n) is 17.5. The number of carbonyl (C=O) groups is 4. The molecule has 0 aromatic heterocycles. The zero-order valence-corrected chi connectivity index (χ0v) is 17.5. The van der Waals surface area contributed by atoms with E-state index in [1.807, 2.05) is 13.8 Å². The molecule has 1 heterocycles. The average Bonchev–Trinajstić information content (AvgIpc) is 3.15. The lowest BCUT2D eigenvalue weighted by molar-refractivity contribution is -0.149. The number of nitrogens with zero attached hydrogens (tertiary/aromatic N) is 1. The number of likely N-dealkylation sites (tertiary alicyclic amines) is 1. The highest BCUT2D eigenvalue weighted by molar-refractivity contribution is 5.94. The molecular formula is C19H35N5O5. The normalized spacial score (nSPS) is 19.5. The Hall–Kier alpha value is -2.20. The van der Waals surface area contributed by atoms with Crippen molar-refractivity contribution in [1.82, 2.24) is 15.5 Å². The predicted molar refractivity (Wildman–Crippen MR) is 108 cm³/mol. The summed E-state index contributed by atoms with van der Waals surface area (Å²) in [5.41, 5.74) is 11.4. The van der Waals surface area contributed by atoms with Gasteiger partial charge in [-0.3, -0.25) is 14.4 Å². The summed E-state index contributed by atoms with van der Waals surface area (Å²) in [5.74, 6) is -2.53. The van der Waals surface area contributed by atoms with Gasteiger partial charge in [-0.05, 0) is 51.5 Å². The largest absolute Gasteiger partial charge is 0.480 e. The second kappa shape index (κ2) is 11.7. The first-order chi connectivity index (χ1) is 13.6. The summed E-state index contributed by atoms with van der Waals surface area (Å²) in [6.45, 7) is 5.94. The van der Waals surface area contributed by atoms with Gasteiger partial charge in [0.1, 0.15) is 18.1 Å². The van der Waals surface area contributed by atoms with Gasteiger partial charge in [-0.2, -0.15) is 0 Å². The molecule has 10 heteroatoms. The van der Waals surface area contributed by atoms with Crippen molar-refractivity contribution in [2.45, 2.75) is 77.0 Å². The Balaban J connectivity index is 2.77. The lowest BCUT2D eigenvalue weighted by Gasteiger charge is -2.27. The average molecular weight is 414 g/mol. The van der Waals surface area contributed by atoms with E-state index < -0.39 is 47.9 Å². The van der Waals surface area contributed by atoms with Crippen molar-refractivity contribution in [3.8, 4) is 0 Å². The van der Waals surface area contributed by atoms with Gasteiger partial charge in [0.2, 0.25) is 17.7 Å². The Bertz CT molecular complexity index is 598. The monoisotopic (exact) mass is 413 g/mol. The van der Waals surface area contributed by atoms with E-state index in [0.717, 1.165) is 0 Å². The van der Waals surface area contributed by atoms with Crippen molar-refractivity contribution < 1.29 is 24.3 Å². The van der Waals surface area contributed by atoms with Crippen LogP contribution in [0.5, 0.6) is 0 Å². The van der Waals surface area contributed by atoms with E-state index in [4.69, 9.17) is 11.5 Å². The van der Waals surface area contributed by atoms with E-state index in [1.165, 1.54) is 11.8 Å². The SMILES string of the molecule is CC(C)[C@H](N)C(=O)N[C@@H](CCCCN)C(=O)N[C@@H](C)C(=O)N1CCC[C@H]1C(=O)O. The highest BCUT2D eigenvalue weighted by Gasteiger charge is 2.37. The van der Waals surface area contributed by atoms with Crippen LogP contribution in [0, 0.1) is 5.92 Å². The van der Waals surface area contributed by atoms with Crippen LogP contribution < -0.4 is 22.1 Å². The molecule has 0 aromatic carbocycles. The second-order valence-corrected chi connectivity index (χ2v) is 7.87. The van der Waals surface area contributed by atoms with E-state index in [-0.39, 0.29) is 5.92 Å². The molecule has 29 heavy (non-hydrogen) atoms. The van der Waals surface area contributed by atoms with Crippen LogP contribution in [0.4, 0.5) is 0 Å². The van der Waals surface area contributed by atoms with E-state index >= 15 is 0 Å². The summed E-state index contributed by atoms with van der Waals surface area (Å²) in [6.07, 6.45) is 2.68. The highest BCUT2D eigenvalue weighted by Crippen LogP contribution is 2.18. The first-order valence-electron chi connectivity index (χ1n) is 10.2. The van der Waals surface area contributed by atoms with Crippen molar-refractivity contribution in [3.63, 3.8) is 0 Å². The molecule has 1 aliphatic rings. The number of carboxylic acid groups (broad SMARTS) is 1. The van der Waals surface area contributed by atoms with Gasteiger partial charge in [0.05, 0.1) is 6.04 Å². The molecule has 10 nitrogen and oxygen atoms in total. The van der Waals surface area contributed by atoms with Crippen LogP contribution in [0.2, 0.25) is 0 Å². The molecule has 3 amide bonds. The lowest BCUT2D eigenvalue weighted by atomic mass is 10.0.